The topological polar surface area (TPSA) is 52.9 Å². The summed E-state index contributed by atoms with van der Waals surface area (Å²) >= 11 is 0. The van der Waals surface area contributed by atoms with Crippen molar-refractivity contribution in [3.63, 3.8) is 0 Å². The van der Waals surface area contributed by atoms with E-state index >= 15 is 0 Å². The molecule has 1 aliphatic rings. The van der Waals surface area contributed by atoms with E-state index in [0.717, 1.165) is 6.42 Å². The van der Waals surface area contributed by atoms with Gasteiger partial charge in [-0.1, -0.05) is 0 Å². The molecule has 18 heavy (non-hydrogen) atoms. The van der Waals surface area contributed by atoms with Gasteiger partial charge in [0.2, 0.25) is 5.91 Å². The number of amides is 1. The van der Waals surface area contributed by atoms with Gasteiger partial charge in [-0.3, -0.25) is 4.79 Å². The van der Waals surface area contributed by atoms with Crippen molar-refractivity contribution >= 4 is 11.6 Å². The molecule has 0 spiro atoms. The summed E-state index contributed by atoms with van der Waals surface area (Å²) in [6.45, 7) is 0. The molecule has 1 amide bonds. The molecule has 0 heterocycles. The lowest BCUT2D eigenvalue weighted by molar-refractivity contribution is -0.126. The predicted molar refractivity (Wildman–Crippen MR) is 56.8 cm³/mol. The molecule has 1 aromatic rings. The molecule has 1 fully saturated rings. The molecule has 3 nitrogen and oxygen atoms in total. The molecule has 0 aromatic heterocycles. The summed E-state index contributed by atoms with van der Waals surface area (Å²) in [4.78, 5) is 11.8. The van der Waals surface area contributed by atoms with E-state index < -0.39 is 34.5 Å². The van der Waals surface area contributed by atoms with Crippen LogP contribution in [0.25, 0.3) is 0 Å². The summed E-state index contributed by atoms with van der Waals surface area (Å²) in [5, 5.41) is 10.9. The highest BCUT2D eigenvalue weighted by molar-refractivity contribution is 5.98. The third-order valence-corrected chi connectivity index (χ3v) is 3.10. The van der Waals surface area contributed by atoms with Crippen molar-refractivity contribution in [2.75, 3.05) is 5.32 Å². The van der Waals surface area contributed by atoms with E-state index in [4.69, 9.17) is 5.26 Å². The van der Waals surface area contributed by atoms with Crippen molar-refractivity contribution in [3.05, 3.63) is 29.6 Å². The number of halogens is 3. The zero-order chi connectivity index (χ0) is 13.3. The number of hydrogen-bond donors (Lipinski definition) is 1. The fraction of sp³-hybridized carbons (Fsp3) is 0.333. The first-order chi connectivity index (χ1) is 8.48. The first-order valence-electron chi connectivity index (χ1n) is 5.36. The van der Waals surface area contributed by atoms with Gasteiger partial charge >= 0.3 is 0 Å². The van der Waals surface area contributed by atoms with E-state index in [-0.39, 0.29) is 0 Å². The van der Waals surface area contributed by atoms with Gasteiger partial charge in [-0.2, -0.15) is 5.26 Å². The lowest BCUT2D eigenvalue weighted by Crippen LogP contribution is -2.41. The van der Waals surface area contributed by atoms with Crippen LogP contribution >= 0.6 is 0 Å². The van der Waals surface area contributed by atoms with Crippen LogP contribution in [0.15, 0.2) is 12.1 Å². The van der Waals surface area contributed by atoms with Crippen LogP contribution in [-0.4, -0.2) is 5.91 Å². The van der Waals surface area contributed by atoms with Crippen LogP contribution in [0.4, 0.5) is 18.9 Å². The number of hydrogen-bond acceptors (Lipinski definition) is 2. The molecule has 6 heteroatoms. The summed E-state index contributed by atoms with van der Waals surface area (Å²) in [5.41, 5.74) is -1.93. The van der Waals surface area contributed by atoms with Gasteiger partial charge in [0.1, 0.15) is 16.9 Å². The fourth-order valence-corrected chi connectivity index (χ4v) is 1.81. The molecule has 0 bridgehead atoms. The van der Waals surface area contributed by atoms with Crippen molar-refractivity contribution < 1.29 is 18.0 Å². The van der Waals surface area contributed by atoms with Crippen molar-refractivity contribution in [1.29, 1.82) is 5.26 Å². The molecule has 2 rings (SSSR count). The summed E-state index contributed by atoms with van der Waals surface area (Å²) in [6, 6.07) is 2.80. The summed E-state index contributed by atoms with van der Waals surface area (Å²) in [6.07, 6.45) is 1.44. The number of anilines is 1. The zero-order valence-electron chi connectivity index (χ0n) is 9.27. The Balaban J connectivity index is 2.25. The normalized spacial score (nSPS) is 16.6. The van der Waals surface area contributed by atoms with Gasteiger partial charge in [-0.05, 0) is 19.3 Å². The number of nitrogens with zero attached hydrogens (tertiary/aromatic N) is 1. The van der Waals surface area contributed by atoms with Crippen molar-refractivity contribution in [2.45, 2.75) is 19.3 Å². The first kappa shape index (κ1) is 12.4. The minimum absolute atomic E-state index is 0.361. The van der Waals surface area contributed by atoms with Crippen LogP contribution in [0.2, 0.25) is 0 Å². The van der Waals surface area contributed by atoms with Gasteiger partial charge in [-0.25, -0.2) is 13.2 Å². The Morgan fingerprint density at radius 2 is 1.83 bits per heavy atom. The van der Waals surface area contributed by atoms with Gasteiger partial charge in [0, 0.05) is 12.1 Å². The number of carbonyl (C=O) groups is 1. The number of nitriles is 1. The molecule has 0 saturated heterocycles. The number of nitrogens with one attached hydrogen (secondary N) is 1. The minimum atomic E-state index is -1.22. The maximum absolute atomic E-state index is 13.3. The molecule has 0 atom stereocenters. The number of benzene rings is 1. The molecule has 1 aromatic carbocycles. The van der Waals surface area contributed by atoms with E-state index in [2.05, 4.69) is 0 Å². The van der Waals surface area contributed by atoms with Gasteiger partial charge in [0.15, 0.2) is 11.6 Å². The Bertz CT molecular complexity index is 524. The average Bonchev–Trinajstić information content (AvgIpc) is 2.22. The summed E-state index contributed by atoms with van der Waals surface area (Å²) in [7, 11) is 0. The van der Waals surface area contributed by atoms with Crippen molar-refractivity contribution in [3.8, 4) is 6.07 Å². The maximum Gasteiger partial charge on any atom is 0.245 e. The van der Waals surface area contributed by atoms with Gasteiger partial charge in [0.25, 0.3) is 0 Å². The zero-order valence-corrected chi connectivity index (χ0v) is 9.27. The maximum atomic E-state index is 13.3. The molecular formula is C12H9F3N2O. The lowest BCUT2D eigenvalue weighted by Gasteiger charge is -2.33. The monoisotopic (exact) mass is 254 g/mol. The van der Waals surface area contributed by atoms with Gasteiger partial charge in [-0.15, -0.1) is 0 Å². The second-order valence-corrected chi connectivity index (χ2v) is 4.25. The molecule has 0 unspecified atom stereocenters. The van der Waals surface area contributed by atoms with E-state index in [1.807, 2.05) is 11.4 Å². The Kier molecular flexibility index (Phi) is 2.99. The van der Waals surface area contributed by atoms with Crippen LogP contribution in [-0.2, 0) is 4.79 Å². The van der Waals surface area contributed by atoms with Crippen molar-refractivity contribution in [1.82, 2.24) is 0 Å². The third kappa shape index (κ3) is 1.92. The Hall–Kier alpha value is -2.03. The smallest absolute Gasteiger partial charge is 0.245 e. The highest BCUT2D eigenvalue weighted by Gasteiger charge is 2.45. The largest absolute Gasteiger partial charge is 0.320 e. The predicted octanol–water partition coefficient (Wildman–Crippen LogP) is 2.74. The molecule has 1 N–H and O–H groups in total. The Labute approximate surface area is 101 Å². The highest BCUT2D eigenvalue weighted by Crippen LogP contribution is 2.41. The molecule has 1 saturated carbocycles. The summed E-state index contributed by atoms with van der Waals surface area (Å²) in [5.74, 6) is -4.22. The van der Waals surface area contributed by atoms with Crippen LogP contribution in [0.3, 0.4) is 0 Å². The second-order valence-electron chi connectivity index (χ2n) is 4.25. The van der Waals surface area contributed by atoms with Crippen LogP contribution in [0.5, 0.6) is 0 Å². The van der Waals surface area contributed by atoms with E-state index in [9.17, 15) is 18.0 Å². The molecule has 1 aliphatic carbocycles. The quantitative estimate of drug-likeness (QED) is 0.882. The lowest BCUT2D eigenvalue weighted by atomic mass is 9.69. The second kappa shape index (κ2) is 4.33. The number of rotatable bonds is 2. The summed E-state index contributed by atoms with van der Waals surface area (Å²) < 4.78 is 39.3. The Morgan fingerprint density at radius 1 is 1.28 bits per heavy atom. The van der Waals surface area contributed by atoms with Gasteiger partial charge in [0.05, 0.1) is 6.07 Å². The molecule has 0 aliphatic heterocycles. The van der Waals surface area contributed by atoms with Crippen LogP contribution < -0.4 is 5.32 Å². The molecular weight excluding hydrogens is 245 g/mol. The third-order valence-electron chi connectivity index (χ3n) is 3.10. The first-order valence-corrected chi connectivity index (χ1v) is 5.36. The van der Waals surface area contributed by atoms with E-state index in [1.165, 1.54) is 0 Å². The van der Waals surface area contributed by atoms with Crippen LogP contribution in [0.1, 0.15) is 19.3 Å². The molecule has 0 radical (unpaired) electrons. The standard InChI is InChI=1S/C12H9F3N2O/c13-7-4-8(14)10(9(15)5-7)17-11(18)12(6-16)2-1-3-12/h4-5H,1-3H2,(H,17,18). The number of carbonyl (C=O) groups excluding carboxylic acids is 1. The fourth-order valence-electron chi connectivity index (χ4n) is 1.81. The average molecular weight is 254 g/mol. The highest BCUT2D eigenvalue weighted by atomic mass is 19.1. The van der Waals surface area contributed by atoms with Crippen molar-refractivity contribution in [2.24, 2.45) is 5.41 Å². The minimum Gasteiger partial charge on any atom is -0.320 e. The molecule has 94 valence electrons. The van der Waals surface area contributed by atoms with E-state index in [1.54, 1.807) is 0 Å². The van der Waals surface area contributed by atoms with Gasteiger partial charge < -0.3 is 5.32 Å². The van der Waals surface area contributed by atoms with Crippen LogP contribution in [0, 0.1) is 34.2 Å². The van der Waals surface area contributed by atoms with E-state index in [0.29, 0.717) is 25.0 Å². The Morgan fingerprint density at radius 3 is 2.22 bits per heavy atom. The SMILES string of the molecule is N#CC1(C(=O)Nc2c(F)cc(F)cc2F)CCC1.